The van der Waals surface area contributed by atoms with E-state index in [0.29, 0.717) is 28.6 Å². The Kier molecular flexibility index (Phi) is 6.96. The molecule has 0 unspecified atom stereocenters. The molecule has 11 nitrogen and oxygen atoms in total. The summed E-state index contributed by atoms with van der Waals surface area (Å²) in [4.78, 5) is 35.8. The molecule has 0 atom stereocenters. The van der Waals surface area contributed by atoms with Gasteiger partial charge >= 0.3 is 6.03 Å². The number of thiazole rings is 1. The second kappa shape index (κ2) is 10.6. The van der Waals surface area contributed by atoms with Gasteiger partial charge in [0.05, 0.1) is 37.4 Å². The average molecular weight is 529 g/mol. The van der Waals surface area contributed by atoms with Crippen molar-refractivity contribution in [2.24, 2.45) is 0 Å². The molecular formula is C26H24N8O3S. The SMILES string of the molecule is COc1ccc(Cn2cc(-c3nc(C(=O)Nc4cn(C(=O)N(C)C)nc4-c4ccccn4)cs3)cn2)cc1. The van der Waals surface area contributed by atoms with E-state index >= 15 is 0 Å². The van der Waals surface area contributed by atoms with Crippen LogP contribution < -0.4 is 10.1 Å². The fourth-order valence-corrected chi connectivity index (χ4v) is 4.41. The Morgan fingerprint density at radius 2 is 1.92 bits per heavy atom. The smallest absolute Gasteiger partial charge is 0.344 e. The lowest BCUT2D eigenvalue weighted by Gasteiger charge is -2.08. The van der Waals surface area contributed by atoms with Crippen LogP contribution in [0.5, 0.6) is 5.75 Å². The predicted octanol–water partition coefficient (Wildman–Crippen LogP) is 4.10. The van der Waals surface area contributed by atoms with E-state index < -0.39 is 5.91 Å². The number of amides is 2. The molecule has 1 aromatic carbocycles. The maximum Gasteiger partial charge on any atom is 0.344 e. The minimum atomic E-state index is -0.424. The van der Waals surface area contributed by atoms with Gasteiger partial charge in [-0.15, -0.1) is 11.3 Å². The maximum absolute atomic E-state index is 13.1. The molecule has 38 heavy (non-hydrogen) atoms. The maximum atomic E-state index is 13.1. The van der Waals surface area contributed by atoms with E-state index in [1.165, 1.54) is 27.1 Å². The van der Waals surface area contributed by atoms with Crippen LogP contribution in [0, 0.1) is 0 Å². The minimum absolute atomic E-state index is 0.242. The van der Waals surface area contributed by atoms with Gasteiger partial charge in [-0.25, -0.2) is 9.78 Å². The van der Waals surface area contributed by atoms with E-state index in [4.69, 9.17) is 4.74 Å². The Balaban J connectivity index is 1.33. The van der Waals surface area contributed by atoms with Crippen molar-refractivity contribution in [1.82, 2.24) is 34.4 Å². The van der Waals surface area contributed by atoms with Crippen LogP contribution in [0.3, 0.4) is 0 Å². The summed E-state index contributed by atoms with van der Waals surface area (Å²) in [6, 6.07) is 12.8. The van der Waals surface area contributed by atoms with Gasteiger partial charge in [0, 0.05) is 37.4 Å². The molecule has 0 radical (unpaired) electrons. The summed E-state index contributed by atoms with van der Waals surface area (Å²) in [6.07, 6.45) is 6.71. The topological polar surface area (TPSA) is 120 Å². The summed E-state index contributed by atoms with van der Waals surface area (Å²) in [5.41, 5.74) is 3.39. The van der Waals surface area contributed by atoms with Gasteiger partial charge in [0.25, 0.3) is 5.91 Å². The minimum Gasteiger partial charge on any atom is -0.497 e. The van der Waals surface area contributed by atoms with Gasteiger partial charge in [0.1, 0.15) is 22.1 Å². The predicted molar refractivity (Wildman–Crippen MR) is 143 cm³/mol. The number of methoxy groups -OCH3 is 1. The molecule has 4 heterocycles. The van der Waals surface area contributed by atoms with E-state index in [1.54, 1.807) is 51.1 Å². The summed E-state index contributed by atoms with van der Waals surface area (Å²) >= 11 is 1.34. The van der Waals surface area contributed by atoms with Gasteiger partial charge in [-0.3, -0.25) is 14.5 Å². The summed E-state index contributed by atoms with van der Waals surface area (Å²) < 4.78 is 8.19. The first-order valence-electron chi connectivity index (χ1n) is 11.6. The van der Waals surface area contributed by atoms with Crippen molar-refractivity contribution in [2.45, 2.75) is 6.54 Å². The van der Waals surface area contributed by atoms with Crippen LogP contribution in [0.4, 0.5) is 10.5 Å². The van der Waals surface area contributed by atoms with Gasteiger partial charge in [-0.1, -0.05) is 18.2 Å². The molecule has 4 aromatic heterocycles. The second-order valence-corrected chi connectivity index (χ2v) is 9.35. The molecule has 0 saturated heterocycles. The Bertz CT molecular complexity index is 1570. The van der Waals surface area contributed by atoms with Gasteiger partial charge in [0.2, 0.25) is 0 Å². The van der Waals surface area contributed by atoms with E-state index in [0.717, 1.165) is 16.9 Å². The van der Waals surface area contributed by atoms with Crippen LogP contribution in [0.25, 0.3) is 22.0 Å². The molecule has 192 valence electrons. The fraction of sp³-hybridized carbons (Fsp3) is 0.154. The highest BCUT2D eigenvalue weighted by molar-refractivity contribution is 7.13. The van der Waals surface area contributed by atoms with Gasteiger partial charge in [-0.2, -0.15) is 14.9 Å². The molecule has 0 bridgehead atoms. The van der Waals surface area contributed by atoms with Gasteiger partial charge in [-0.05, 0) is 29.8 Å². The molecule has 0 fully saturated rings. The monoisotopic (exact) mass is 528 g/mol. The Morgan fingerprint density at radius 1 is 1.11 bits per heavy atom. The van der Waals surface area contributed by atoms with Gasteiger partial charge < -0.3 is 15.0 Å². The van der Waals surface area contributed by atoms with Crippen molar-refractivity contribution in [3.63, 3.8) is 0 Å². The first-order chi connectivity index (χ1) is 18.4. The normalized spacial score (nSPS) is 10.8. The summed E-state index contributed by atoms with van der Waals surface area (Å²) in [6.45, 7) is 0.592. The number of aromatic nitrogens is 6. The molecular weight excluding hydrogens is 504 g/mol. The molecule has 0 aliphatic rings. The fourth-order valence-electron chi connectivity index (χ4n) is 3.64. The van der Waals surface area contributed by atoms with Crippen molar-refractivity contribution in [2.75, 3.05) is 26.5 Å². The number of carbonyl (C=O) groups is 2. The third kappa shape index (κ3) is 5.30. The van der Waals surface area contributed by atoms with Crippen molar-refractivity contribution in [3.05, 3.63) is 83.9 Å². The molecule has 12 heteroatoms. The Morgan fingerprint density at radius 3 is 2.63 bits per heavy atom. The largest absolute Gasteiger partial charge is 0.497 e. The molecule has 0 saturated carbocycles. The highest BCUT2D eigenvalue weighted by Gasteiger charge is 2.21. The molecule has 0 aliphatic heterocycles. The van der Waals surface area contributed by atoms with Crippen LogP contribution in [0.1, 0.15) is 16.1 Å². The van der Waals surface area contributed by atoms with Crippen molar-refractivity contribution < 1.29 is 14.3 Å². The lowest BCUT2D eigenvalue weighted by atomic mass is 10.2. The van der Waals surface area contributed by atoms with Crippen LogP contribution in [-0.2, 0) is 6.54 Å². The van der Waals surface area contributed by atoms with Crippen molar-refractivity contribution in [1.29, 1.82) is 0 Å². The zero-order chi connectivity index (χ0) is 26.6. The number of nitrogens with one attached hydrogen (secondary N) is 1. The lowest BCUT2D eigenvalue weighted by Crippen LogP contribution is -2.27. The molecule has 2 amide bonds. The first-order valence-corrected chi connectivity index (χ1v) is 12.4. The third-order valence-electron chi connectivity index (χ3n) is 5.57. The Hall–Kier alpha value is -4.84. The average Bonchev–Trinajstić information content (AvgIpc) is 3.69. The van der Waals surface area contributed by atoms with Gasteiger partial charge in [0.15, 0.2) is 0 Å². The highest BCUT2D eigenvalue weighted by atomic mass is 32.1. The van der Waals surface area contributed by atoms with E-state index in [9.17, 15) is 9.59 Å². The Labute approximate surface area is 222 Å². The molecule has 5 aromatic rings. The van der Waals surface area contributed by atoms with Crippen molar-refractivity contribution >= 4 is 29.0 Å². The zero-order valence-corrected chi connectivity index (χ0v) is 21.7. The number of nitrogens with zero attached hydrogens (tertiary/aromatic N) is 7. The van der Waals surface area contributed by atoms with Crippen LogP contribution in [-0.4, -0.2) is 67.6 Å². The third-order valence-corrected chi connectivity index (χ3v) is 6.46. The second-order valence-electron chi connectivity index (χ2n) is 8.49. The highest BCUT2D eigenvalue weighted by Crippen LogP contribution is 2.27. The zero-order valence-electron chi connectivity index (χ0n) is 20.9. The quantitative estimate of drug-likeness (QED) is 0.338. The standard InChI is InChI=1S/C26H24N8O3S/c1-32(2)26(36)34-15-21(23(31-34)20-6-4-5-11-27-20)29-24(35)22-16-38-25(30-22)18-12-28-33(14-18)13-17-7-9-19(37-3)10-8-17/h4-12,14-16H,13H2,1-3H3,(H,29,35). The van der Waals surface area contributed by atoms with E-state index in [1.807, 2.05) is 41.2 Å². The summed E-state index contributed by atoms with van der Waals surface area (Å²) in [5, 5.41) is 14.0. The van der Waals surface area contributed by atoms with E-state index in [2.05, 4.69) is 25.5 Å². The number of carbonyl (C=O) groups excluding carboxylic acids is 2. The summed E-state index contributed by atoms with van der Waals surface area (Å²) in [5.74, 6) is 0.374. The number of hydrogen-bond donors (Lipinski definition) is 1. The first kappa shape index (κ1) is 24.8. The lowest BCUT2D eigenvalue weighted by molar-refractivity contribution is 0.102. The molecule has 1 N–H and O–H groups in total. The van der Waals surface area contributed by atoms with Crippen molar-refractivity contribution in [3.8, 4) is 27.7 Å². The molecule has 0 spiro atoms. The molecule has 0 aliphatic carbocycles. The molecule has 5 rings (SSSR count). The van der Waals surface area contributed by atoms with Crippen LogP contribution in [0.15, 0.2) is 72.6 Å². The van der Waals surface area contributed by atoms with Crippen LogP contribution in [0.2, 0.25) is 0 Å². The number of benzene rings is 1. The number of anilines is 1. The van der Waals surface area contributed by atoms with E-state index in [-0.39, 0.29) is 11.7 Å². The number of ether oxygens (including phenoxy) is 1. The number of pyridine rings is 1. The van der Waals surface area contributed by atoms with Crippen LogP contribution >= 0.6 is 11.3 Å². The number of hydrogen-bond acceptors (Lipinski definition) is 8. The summed E-state index contributed by atoms with van der Waals surface area (Å²) in [7, 11) is 4.88. The number of rotatable bonds is 7.